The summed E-state index contributed by atoms with van der Waals surface area (Å²) in [5.41, 5.74) is 6.32. The summed E-state index contributed by atoms with van der Waals surface area (Å²) in [5.74, 6) is -0.911. The van der Waals surface area contributed by atoms with Crippen LogP contribution < -0.4 is 5.73 Å². The van der Waals surface area contributed by atoms with Crippen LogP contribution in [-0.2, 0) is 9.53 Å². The van der Waals surface area contributed by atoms with Crippen molar-refractivity contribution in [1.82, 2.24) is 0 Å². The maximum absolute atomic E-state index is 10.9. The summed E-state index contributed by atoms with van der Waals surface area (Å²) in [4.78, 5) is 11.7. The topological polar surface area (TPSA) is 72.5 Å². The second kappa shape index (κ2) is 6.12. The van der Waals surface area contributed by atoms with Crippen LogP contribution in [0, 0.1) is 0 Å². The van der Waals surface area contributed by atoms with Crippen LogP contribution in [-0.4, -0.2) is 30.0 Å². The molecule has 1 aromatic carbocycles. The number of anilines is 1. The predicted octanol–water partition coefficient (Wildman–Crippen LogP) is 2.22. The zero-order chi connectivity index (χ0) is 12.1. The van der Waals surface area contributed by atoms with Gasteiger partial charge in [0.15, 0.2) is 0 Å². The number of ether oxygens (including phenoxy) is 1. The van der Waals surface area contributed by atoms with Crippen LogP contribution in [0.5, 0.6) is 0 Å². The minimum absolute atomic E-state index is 0.145. The lowest BCUT2D eigenvalue weighted by Crippen LogP contribution is -2.21. The first-order valence-electron chi connectivity index (χ1n) is 4.48. The summed E-state index contributed by atoms with van der Waals surface area (Å²) in [6, 6.07) is 5.34. The van der Waals surface area contributed by atoms with Gasteiger partial charge >= 0.3 is 5.97 Å². The maximum Gasteiger partial charge on any atom is 0.319 e. The molecule has 6 heteroatoms. The van der Waals surface area contributed by atoms with E-state index in [0.717, 1.165) is 9.37 Å². The molecule has 0 radical (unpaired) electrons. The molecule has 16 heavy (non-hydrogen) atoms. The monoisotopic (exact) mass is 305 g/mol. The Morgan fingerprint density at radius 2 is 2.38 bits per heavy atom. The zero-order valence-electron chi connectivity index (χ0n) is 8.64. The molecule has 0 aliphatic heterocycles. The number of benzene rings is 1. The fourth-order valence-electron chi connectivity index (χ4n) is 1.07. The number of methoxy groups -OCH3 is 1. The summed E-state index contributed by atoms with van der Waals surface area (Å²) in [5, 5.41) is 8.32. The molecule has 0 bridgehead atoms. The van der Waals surface area contributed by atoms with Gasteiger partial charge in [-0.25, -0.2) is 0 Å². The number of hydrogen-bond donors (Lipinski definition) is 2. The van der Waals surface area contributed by atoms with Crippen molar-refractivity contribution in [2.45, 2.75) is 10.1 Å². The van der Waals surface area contributed by atoms with Gasteiger partial charge in [-0.15, -0.1) is 11.8 Å². The molecule has 0 amide bonds. The number of carbonyl (C=O) groups is 1. The SMILES string of the molecule is COCC(Sc1cc(Br)ccc1N)C(=O)O. The molecule has 1 unspecified atom stereocenters. The molecule has 0 fully saturated rings. The number of carboxylic acids is 1. The molecule has 0 aliphatic rings. The summed E-state index contributed by atoms with van der Waals surface area (Å²) < 4.78 is 5.72. The van der Waals surface area contributed by atoms with Crippen LogP contribution in [0.3, 0.4) is 0 Å². The average Bonchev–Trinajstić information content (AvgIpc) is 2.22. The van der Waals surface area contributed by atoms with Crippen LogP contribution in [0.4, 0.5) is 5.69 Å². The van der Waals surface area contributed by atoms with Crippen molar-refractivity contribution in [1.29, 1.82) is 0 Å². The standard InChI is InChI=1S/C10H12BrNO3S/c1-15-5-9(10(13)14)16-8-4-6(11)2-3-7(8)12/h2-4,9H,5,12H2,1H3,(H,13,14). The van der Waals surface area contributed by atoms with Gasteiger partial charge in [0.1, 0.15) is 5.25 Å². The second-order valence-electron chi connectivity index (χ2n) is 3.08. The first-order chi connectivity index (χ1) is 7.54. The molecule has 4 nitrogen and oxygen atoms in total. The van der Waals surface area contributed by atoms with Crippen molar-refractivity contribution in [3.05, 3.63) is 22.7 Å². The average molecular weight is 306 g/mol. The van der Waals surface area contributed by atoms with E-state index in [1.54, 1.807) is 12.1 Å². The third-order valence-electron chi connectivity index (χ3n) is 1.84. The van der Waals surface area contributed by atoms with Crippen LogP contribution >= 0.6 is 27.7 Å². The van der Waals surface area contributed by atoms with E-state index in [1.165, 1.54) is 18.9 Å². The Hall–Kier alpha value is -0.720. The Labute approximate surface area is 106 Å². The molecule has 88 valence electrons. The van der Waals surface area contributed by atoms with Gasteiger partial charge < -0.3 is 15.6 Å². The van der Waals surface area contributed by atoms with Gasteiger partial charge in [0.2, 0.25) is 0 Å². The van der Waals surface area contributed by atoms with Gasteiger partial charge in [0, 0.05) is 22.2 Å². The van der Waals surface area contributed by atoms with Gasteiger partial charge in [-0.05, 0) is 18.2 Å². The lowest BCUT2D eigenvalue weighted by Gasteiger charge is -2.12. The molecule has 0 saturated carbocycles. The van der Waals surface area contributed by atoms with E-state index in [4.69, 9.17) is 15.6 Å². The van der Waals surface area contributed by atoms with Gasteiger partial charge in [0.05, 0.1) is 6.61 Å². The van der Waals surface area contributed by atoms with Crippen molar-refractivity contribution in [3.8, 4) is 0 Å². The molecule has 3 N–H and O–H groups in total. The summed E-state index contributed by atoms with van der Waals surface area (Å²) >= 11 is 4.50. The fraction of sp³-hybridized carbons (Fsp3) is 0.300. The van der Waals surface area contributed by atoms with Crippen LogP contribution in [0.25, 0.3) is 0 Å². The van der Waals surface area contributed by atoms with Crippen LogP contribution in [0.1, 0.15) is 0 Å². The minimum atomic E-state index is -0.911. The van der Waals surface area contributed by atoms with E-state index in [9.17, 15) is 4.79 Å². The quantitative estimate of drug-likeness (QED) is 0.644. The second-order valence-corrected chi connectivity index (χ2v) is 5.24. The molecule has 1 aromatic rings. The number of hydrogen-bond acceptors (Lipinski definition) is 4. The van der Waals surface area contributed by atoms with Crippen molar-refractivity contribution in [3.63, 3.8) is 0 Å². The number of carboxylic acid groups (broad SMARTS) is 1. The molecule has 0 aromatic heterocycles. The van der Waals surface area contributed by atoms with E-state index in [1.807, 2.05) is 6.07 Å². The van der Waals surface area contributed by atoms with Gasteiger partial charge in [-0.2, -0.15) is 0 Å². The Balaban J connectivity index is 2.84. The van der Waals surface area contributed by atoms with E-state index >= 15 is 0 Å². The number of halogens is 1. The largest absolute Gasteiger partial charge is 0.480 e. The lowest BCUT2D eigenvalue weighted by molar-refractivity contribution is -0.137. The lowest BCUT2D eigenvalue weighted by atomic mass is 10.3. The third-order valence-corrected chi connectivity index (χ3v) is 3.56. The smallest absolute Gasteiger partial charge is 0.319 e. The Morgan fingerprint density at radius 3 is 2.94 bits per heavy atom. The van der Waals surface area contributed by atoms with Crippen molar-refractivity contribution >= 4 is 39.3 Å². The Kier molecular flexibility index (Phi) is 5.11. The Morgan fingerprint density at radius 1 is 1.69 bits per heavy atom. The zero-order valence-corrected chi connectivity index (χ0v) is 11.0. The van der Waals surface area contributed by atoms with E-state index < -0.39 is 11.2 Å². The van der Waals surface area contributed by atoms with Crippen LogP contribution in [0.15, 0.2) is 27.6 Å². The van der Waals surface area contributed by atoms with Gasteiger partial charge in [0.25, 0.3) is 0 Å². The van der Waals surface area contributed by atoms with Crippen molar-refractivity contribution in [2.24, 2.45) is 0 Å². The number of nitrogens with two attached hydrogens (primary N) is 1. The first-order valence-corrected chi connectivity index (χ1v) is 6.15. The number of aliphatic carboxylic acids is 1. The molecular formula is C10H12BrNO3S. The number of nitrogen functional groups attached to an aromatic ring is 1. The summed E-state index contributed by atoms with van der Waals surface area (Å²) in [6.45, 7) is 0.145. The molecular weight excluding hydrogens is 294 g/mol. The van der Waals surface area contributed by atoms with E-state index in [2.05, 4.69) is 15.9 Å². The van der Waals surface area contributed by atoms with Crippen molar-refractivity contribution < 1.29 is 14.6 Å². The normalized spacial score (nSPS) is 12.4. The third kappa shape index (κ3) is 3.70. The highest BCUT2D eigenvalue weighted by Crippen LogP contribution is 2.31. The molecule has 0 saturated heterocycles. The highest BCUT2D eigenvalue weighted by molar-refractivity contribution is 9.10. The van der Waals surface area contributed by atoms with E-state index in [-0.39, 0.29) is 6.61 Å². The Bertz CT molecular complexity index is 386. The number of thioether (sulfide) groups is 1. The summed E-state index contributed by atoms with van der Waals surface area (Å²) in [6.07, 6.45) is 0. The molecule has 0 spiro atoms. The molecule has 0 heterocycles. The molecule has 0 aliphatic carbocycles. The molecule has 1 rings (SSSR count). The van der Waals surface area contributed by atoms with Crippen LogP contribution in [0.2, 0.25) is 0 Å². The highest BCUT2D eigenvalue weighted by Gasteiger charge is 2.19. The minimum Gasteiger partial charge on any atom is -0.480 e. The summed E-state index contributed by atoms with van der Waals surface area (Å²) in [7, 11) is 1.47. The predicted molar refractivity (Wildman–Crippen MR) is 67.7 cm³/mol. The molecule has 1 atom stereocenters. The van der Waals surface area contributed by atoms with E-state index in [0.29, 0.717) is 5.69 Å². The highest BCUT2D eigenvalue weighted by atomic mass is 79.9. The number of rotatable bonds is 5. The van der Waals surface area contributed by atoms with Gasteiger partial charge in [-0.1, -0.05) is 15.9 Å². The fourth-order valence-corrected chi connectivity index (χ4v) is 2.59. The van der Waals surface area contributed by atoms with Gasteiger partial charge in [-0.3, -0.25) is 4.79 Å². The van der Waals surface area contributed by atoms with Crippen molar-refractivity contribution in [2.75, 3.05) is 19.5 Å². The first kappa shape index (κ1) is 13.3. The maximum atomic E-state index is 10.9.